The summed E-state index contributed by atoms with van der Waals surface area (Å²) < 4.78 is 27.2. The fourth-order valence-corrected chi connectivity index (χ4v) is 2.89. The molecule has 0 amide bonds. The summed E-state index contributed by atoms with van der Waals surface area (Å²) in [5.41, 5.74) is 1.56. The van der Waals surface area contributed by atoms with Crippen LogP contribution in [0.3, 0.4) is 0 Å². The van der Waals surface area contributed by atoms with Crippen LogP contribution in [0.25, 0.3) is 6.08 Å². The third-order valence-electron chi connectivity index (χ3n) is 4.29. The van der Waals surface area contributed by atoms with Crippen molar-refractivity contribution in [3.63, 3.8) is 0 Å². The summed E-state index contributed by atoms with van der Waals surface area (Å²) in [6, 6.07) is 10.7. The van der Waals surface area contributed by atoms with Gasteiger partial charge >= 0.3 is 5.97 Å². The van der Waals surface area contributed by atoms with Crippen molar-refractivity contribution in [3.05, 3.63) is 53.2 Å². The van der Waals surface area contributed by atoms with Crippen LogP contribution < -0.4 is 18.9 Å². The molecule has 0 radical (unpaired) electrons. The van der Waals surface area contributed by atoms with E-state index in [1.807, 2.05) is 18.2 Å². The molecule has 0 atom stereocenters. The number of methoxy groups -OCH3 is 2. The molecular formula is C21H19NO6. The Hall–Kier alpha value is -3.48. The van der Waals surface area contributed by atoms with Gasteiger partial charge in [0.25, 0.3) is 0 Å². The zero-order valence-electron chi connectivity index (χ0n) is 15.6. The van der Waals surface area contributed by atoms with Crippen molar-refractivity contribution < 1.29 is 28.5 Å². The number of benzene rings is 2. The molecule has 7 nitrogen and oxygen atoms in total. The Balaban J connectivity index is 1.65. The number of hydrogen-bond acceptors (Lipinski definition) is 7. The van der Waals surface area contributed by atoms with E-state index in [-0.39, 0.29) is 11.6 Å². The predicted octanol–water partition coefficient (Wildman–Crippen LogP) is 3.21. The number of ether oxygens (including phenoxy) is 5. The molecule has 0 fully saturated rings. The molecule has 2 aromatic carbocycles. The van der Waals surface area contributed by atoms with Gasteiger partial charge in [0.15, 0.2) is 17.2 Å². The molecule has 7 heteroatoms. The molecule has 2 aliphatic heterocycles. The molecule has 28 heavy (non-hydrogen) atoms. The van der Waals surface area contributed by atoms with Crippen LogP contribution in [0.15, 0.2) is 47.1 Å². The van der Waals surface area contributed by atoms with Gasteiger partial charge in [-0.05, 0) is 35.9 Å². The molecule has 0 aliphatic carbocycles. The van der Waals surface area contributed by atoms with Gasteiger partial charge in [0.05, 0.1) is 27.4 Å². The standard InChI is InChI=1S/C21H19NO6/c1-24-15-10-14(11-16(12-15)25-2)20-22-17(21(23)28-20)8-13-4-5-18-19(9-13)27-7-3-6-26-18/h4-5,8-12H,3,6-7H2,1-2H3/b17-8+. The number of cyclic esters (lactones) is 1. The zero-order valence-corrected chi connectivity index (χ0v) is 15.6. The maximum absolute atomic E-state index is 12.3. The van der Waals surface area contributed by atoms with Gasteiger partial charge in [-0.2, -0.15) is 0 Å². The second-order valence-corrected chi connectivity index (χ2v) is 6.19. The number of hydrogen-bond donors (Lipinski definition) is 0. The van der Waals surface area contributed by atoms with Gasteiger partial charge in [0, 0.05) is 18.1 Å². The van der Waals surface area contributed by atoms with Gasteiger partial charge < -0.3 is 23.7 Å². The highest BCUT2D eigenvalue weighted by Crippen LogP contribution is 2.32. The molecule has 0 saturated heterocycles. The molecule has 2 aliphatic rings. The molecule has 0 aromatic heterocycles. The van der Waals surface area contributed by atoms with Gasteiger partial charge in [-0.25, -0.2) is 9.79 Å². The first-order chi connectivity index (χ1) is 13.7. The van der Waals surface area contributed by atoms with Crippen LogP contribution in [0.4, 0.5) is 0 Å². The quantitative estimate of drug-likeness (QED) is 0.598. The first-order valence-corrected chi connectivity index (χ1v) is 8.82. The Morgan fingerprint density at radius 2 is 1.68 bits per heavy atom. The van der Waals surface area contributed by atoms with Crippen LogP contribution in [0.2, 0.25) is 0 Å². The molecule has 144 valence electrons. The summed E-state index contributed by atoms with van der Waals surface area (Å²) in [6.07, 6.45) is 2.48. The summed E-state index contributed by atoms with van der Waals surface area (Å²) in [6.45, 7) is 1.21. The van der Waals surface area contributed by atoms with Crippen molar-refractivity contribution in [2.45, 2.75) is 6.42 Å². The second-order valence-electron chi connectivity index (χ2n) is 6.19. The minimum Gasteiger partial charge on any atom is -0.497 e. The maximum atomic E-state index is 12.3. The number of carbonyl (C=O) groups is 1. The third kappa shape index (κ3) is 3.64. The molecular weight excluding hydrogens is 362 g/mol. The lowest BCUT2D eigenvalue weighted by atomic mass is 10.1. The normalized spacial score (nSPS) is 17.0. The van der Waals surface area contributed by atoms with Crippen LogP contribution in [0, 0.1) is 0 Å². The van der Waals surface area contributed by atoms with E-state index in [1.165, 1.54) is 0 Å². The van der Waals surface area contributed by atoms with Crippen LogP contribution in [0.5, 0.6) is 23.0 Å². The smallest absolute Gasteiger partial charge is 0.363 e. The monoisotopic (exact) mass is 381 g/mol. The molecule has 4 rings (SSSR count). The van der Waals surface area contributed by atoms with Gasteiger partial charge in [0.2, 0.25) is 5.90 Å². The number of fused-ring (bicyclic) bond motifs is 1. The first-order valence-electron chi connectivity index (χ1n) is 8.82. The minimum absolute atomic E-state index is 0.197. The summed E-state index contributed by atoms with van der Waals surface area (Å²) in [5.74, 6) is 2.18. The highest BCUT2D eigenvalue weighted by Gasteiger charge is 2.25. The van der Waals surface area contributed by atoms with Gasteiger partial charge in [0.1, 0.15) is 11.5 Å². The number of carbonyl (C=O) groups excluding carboxylic acids is 1. The fraction of sp³-hybridized carbons (Fsp3) is 0.238. The van der Waals surface area contributed by atoms with Crippen LogP contribution in [-0.4, -0.2) is 39.3 Å². The number of rotatable bonds is 4. The van der Waals surface area contributed by atoms with E-state index in [4.69, 9.17) is 23.7 Å². The van der Waals surface area contributed by atoms with E-state index in [0.29, 0.717) is 41.8 Å². The zero-order chi connectivity index (χ0) is 19.5. The van der Waals surface area contributed by atoms with Crippen LogP contribution in [0.1, 0.15) is 17.5 Å². The molecule has 2 heterocycles. The van der Waals surface area contributed by atoms with E-state index in [2.05, 4.69) is 4.99 Å². The molecule has 0 spiro atoms. The molecule has 0 bridgehead atoms. The van der Waals surface area contributed by atoms with Crippen LogP contribution in [-0.2, 0) is 9.53 Å². The Bertz CT molecular complexity index is 957. The maximum Gasteiger partial charge on any atom is 0.363 e. The topological polar surface area (TPSA) is 75.6 Å². The minimum atomic E-state index is -0.524. The highest BCUT2D eigenvalue weighted by atomic mass is 16.6. The van der Waals surface area contributed by atoms with Gasteiger partial charge in [-0.3, -0.25) is 0 Å². The van der Waals surface area contributed by atoms with Crippen molar-refractivity contribution in [1.29, 1.82) is 0 Å². The van der Waals surface area contributed by atoms with E-state index in [9.17, 15) is 4.79 Å². The van der Waals surface area contributed by atoms with Crippen molar-refractivity contribution in [1.82, 2.24) is 0 Å². The summed E-state index contributed by atoms with van der Waals surface area (Å²) >= 11 is 0. The average molecular weight is 381 g/mol. The predicted molar refractivity (Wildman–Crippen MR) is 102 cm³/mol. The molecule has 0 saturated carbocycles. The Morgan fingerprint density at radius 1 is 0.964 bits per heavy atom. The van der Waals surface area contributed by atoms with Crippen molar-refractivity contribution in [3.8, 4) is 23.0 Å². The number of aliphatic imine (C=N–C) groups is 1. The fourth-order valence-electron chi connectivity index (χ4n) is 2.89. The summed E-state index contributed by atoms with van der Waals surface area (Å²) in [7, 11) is 3.10. The second kappa shape index (κ2) is 7.64. The van der Waals surface area contributed by atoms with E-state index < -0.39 is 5.97 Å². The van der Waals surface area contributed by atoms with Crippen LogP contribution >= 0.6 is 0 Å². The van der Waals surface area contributed by atoms with Crippen molar-refractivity contribution in [2.24, 2.45) is 4.99 Å². The SMILES string of the molecule is COc1cc(OC)cc(C2=N/C(=C/c3ccc4c(c3)OCCCO4)C(=O)O2)c1. The van der Waals surface area contributed by atoms with E-state index in [0.717, 1.165) is 12.0 Å². The number of esters is 1. The third-order valence-corrected chi connectivity index (χ3v) is 4.29. The van der Waals surface area contributed by atoms with E-state index in [1.54, 1.807) is 38.5 Å². The summed E-state index contributed by atoms with van der Waals surface area (Å²) in [4.78, 5) is 16.6. The number of nitrogens with zero attached hydrogens (tertiary/aromatic N) is 1. The Labute approximate surface area is 162 Å². The first kappa shape index (κ1) is 17.9. The molecule has 0 unspecified atom stereocenters. The largest absolute Gasteiger partial charge is 0.497 e. The van der Waals surface area contributed by atoms with Crippen molar-refractivity contribution >= 4 is 17.9 Å². The molecule has 0 N–H and O–H groups in total. The average Bonchev–Trinajstić information content (AvgIpc) is 2.93. The lowest BCUT2D eigenvalue weighted by Crippen LogP contribution is -2.06. The van der Waals surface area contributed by atoms with Gasteiger partial charge in [-0.1, -0.05) is 6.07 Å². The van der Waals surface area contributed by atoms with Crippen molar-refractivity contribution in [2.75, 3.05) is 27.4 Å². The van der Waals surface area contributed by atoms with Gasteiger partial charge in [-0.15, -0.1) is 0 Å². The Kier molecular flexibility index (Phi) is 4.89. The van der Waals surface area contributed by atoms with E-state index >= 15 is 0 Å². The molecule has 2 aromatic rings. The lowest BCUT2D eigenvalue weighted by molar-refractivity contribution is -0.129. The summed E-state index contributed by atoms with van der Waals surface area (Å²) in [5, 5.41) is 0. The lowest BCUT2D eigenvalue weighted by Gasteiger charge is -2.07. The highest BCUT2D eigenvalue weighted by molar-refractivity contribution is 6.13. The Morgan fingerprint density at radius 3 is 2.39 bits per heavy atom.